The number of hydrogen-bond acceptors (Lipinski definition) is 9. The lowest BCUT2D eigenvalue weighted by Gasteiger charge is -2.34. The van der Waals surface area contributed by atoms with Crippen LogP contribution in [-0.2, 0) is 20.0 Å². The van der Waals surface area contributed by atoms with Crippen molar-refractivity contribution in [2.75, 3.05) is 42.9 Å². The van der Waals surface area contributed by atoms with Crippen molar-refractivity contribution in [3.8, 4) is 16.9 Å². The van der Waals surface area contributed by atoms with E-state index >= 15 is 0 Å². The number of nitrogens with zero attached hydrogens (tertiary/aromatic N) is 5. The van der Waals surface area contributed by atoms with E-state index in [1.165, 1.54) is 35.8 Å². The maximum atomic E-state index is 13.2. The quantitative estimate of drug-likeness (QED) is 0.274. The number of aromatic nitrogens is 3. The molecule has 0 atom stereocenters. The van der Waals surface area contributed by atoms with Crippen molar-refractivity contribution in [2.45, 2.75) is 9.79 Å². The van der Waals surface area contributed by atoms with Gasteiger partial charge in [0.15, 0.2) is 0 Å². The van der Waals surface area contributed by atoms with Gasteiger partial charge in [-0.1, -0.05) is 30.3 Å². The van der Waals surface area contributed by atoms with Crippen molar-refractivity contribution in [3.05, 3.63) is 97.5 Å². The average molecular weight is 617 g/mol. The second-order valence-electron chi connectivity index (χ2n) is 9.88. The van der Waals surface area contributed by atoms with Crippen LogP contribution in [0, 0.1) is 0 Å². The van der Waals surface area contributed by atoms with E-state index in [0.717, 1.165) is 5.56 Å². The standard InChI is InChI=1S/C30H28N6O5S2/c1-41-25-6-5-9-27(18-25)43(39,40)36-14-12-35(13-15-36)30-21-32-28-11-10-22(17-29(28)33-30)23-16-24(20-31-19-23)34-42(37,38)26-7-3-2-4-8-26/h2-11,16-21,34H,12-15H2,1H3. The van der Waals surface area contributed by atoms with Crippen LogP contribution < -0.4 is 14.4 Å². The number of nitrogens with one attached hydrogen (secondary N) is 1. The van der Waals surface area contributed by atoms with Gasteiger partial charge in [0.05, 0.1) is 46.0 Å². The van der Waals surface area contributed by atoms with E-state index in [1.807, 2.05) is 23.1 Å². The Morgan fingerprint density at radius 3 is 2.28 bits per heavy atom. The summed E-state index contributed by atoms with van der Waals surface area (Å²) < 4.78 is 61.2. The molecule has 13 heteroatoms. The molecule has 1 saturated heterocycles. The summed E-state index contributed by atoms with van der Waals surface area (Å²) in [5.41, 5.74) is 3.18. The van der Waals surface area contributed by atoms with Crippen LogP contribution in [0.4, 0.5) is 11.5 Å². The average Bonchev–Trinajstić information content (AvgIpc) is 3.04. The van der Waals surface area contributed by atoms with E-state index in [-0.39, 0.29) is 9.79 Å². The molecule has 0 spiro atoms. The molecule has 0 amide bonds. The van der Waals surface area contributed by atoms with Crippen molar-refractivity contribution in [1.82, 2.24) is 19.3 Å². The van der Waals surface area contributed by atoms with Crippen LogP contribution in [0.2, 0.25) is 0 Å². The van der Waals surface area contributed by atoms with Crippen LogP contribution >= 0.6 is 0 Å². The Morgan fingerprint density at radius 2 is 1.51 bits per heavy atom. The number of rotatable bonds is 8. The summed E-state index contributed by atoms with van der Waals surface area (Å²) in [7, 11) is -5.92. The van der Waals surface area contributed by atoms with Gasteiger partial charge in [0, 0.05) is 44.0 Å². The van der Waals surface area contributed by atoms with Crippen molar-refractivity contribution in [2.24, 2.45) is 0 Å². The first-order chi connectivity index (χ1) is 20.7. The lowest BCUT2D eigenvalue weighted by atomic mass is 10.1. The van der Waals surface area contributed by atoms with E-state index in [9.17, 15) is 16.8 Å². The fourth-order valence-corrected chi connectivity index (χ4v) is 7.38. The highest BCUT2D eigenvalue weighted by Gasteiger charge is 2.29. The van der Waals surface area contributed by atoms with Gasteiger partial charge >= 0.3 is 0 Å². The number of pyridine rings is 1. The fourth-order valence-electron chi connectivity index (χ4n) is 4.87. The molecule has 220 valence electrons. The highest BCUT2D eigenvalue weighted by molar-refractivity contribution is 7.92. The molecule has 0 bridgehead atoms. The smallest absolute Gasteiger partial charge is 0.261 e. The number of fused-ring (bicyclic) bond motifs is 1. The molecule has 1 aliphatic rings. The minimum atomic E-state index is -3.76. The van der Waals surface area contributed by atoms with Gasteiger partial charge in [-0.2, -0.15) is 4.31 Å². The number of sulfonamides is 2. The van der Waals surface area contributed by atoms with Crippen LogP contribution in [0.25, 0.3) is 22.2 Å². The van der Waals surface area contributed by atoms with E-state index in [2.05, 4.69) is 14.7 Å². The number of benzene rings is 3. The first kappa shape index (κ1) is 28.5. The molecule has 0 aliphatic carbocycles. The van der Waals surface area contributed by atoms with Gasteiger partial charge in [-0.3, -0.25) is 14.7 Å². The zero-order chi connectivity index (χ0) is 30.0. The van der Waals surface area contributed by atoms with Crippen LogP contribution in [0.5, 0.6) is 5.75 Å². The molecular formula is C30H28N6O5S2. The number of piperazine rings is 1. The third kappa shape index (κ3) is 6.00. The monoisotopic (exact) mass is 616 g/mol. The number of methoxy groups -OCH3 is 1. The molecule has 1 N–H and O–H groups in total. The molecule has 0 saturated carbocycles. The van der Waals surface area contributed by atoms with Crippen LogP contribution in [0.3, 0.4) is 0 Å². The fraction of sp³-hybridized carbons (Fsp3) is 0.167. The van der Waals surface area contributed by atoms with Crippen molar-refractivity contribution in [3.63, 3.8) is 0 Å². The molecule has 3 heterocycles. The number of anilines is 2. The van der Waals surface area contributed by atoms with Gasteiger partial charge in [-0.25, -0.2) is 21.8 Å². The Labute approximate surface area is 249 Å². The molecule has 6 rings (SSSR count). The Balaban J connectivity index is 1.19. The second kappa shape index (κ2) is 11.6. The minimum Gasteiger partial charge on any atom is -0.497 e. The van der Waals surface area contributed by atoms with E-state index in [0.29, 0.717) is 60.0 Å². The molecule has 5 aromatic rings. The third-order valence-electron chi connectivity index (χ3n) is 7.15. The van der Waals surface area contributed by atoms with Gasteiger partial charge in [-0.15, -0.1) is 0 Å². The topological polar surface area (TPSA) is 135 Å². The molecule has 11 nitrogen and oxygen atoms in total. The predicted molar refractivity (Wildman–Crippen MR) is 164 cm³/mol. The lowest BCUT2D eigenvalue weighted by molar-refractivity contribution is 0.382. The summed E-state index contributed by atoms with van der Waals surface area (Å²) >= 11 is 0. The summed E-state index contributed by atoms with van der Waals surface area (Å²) in [4.78, 5) is 16.0. The maximum absolute atomic E-state index is 13.2. The predicted octanol–water partition coefficient (Wildman–Crippen LogP) is 4.01. The van der Waals surface area contributed by atoms with Crippen molar-refractivity contribution in [1.29, 1.82) is 0 Å². The van der Waals surface area contributed by atoms with Crippen LogP contribution in [0.1, 0.15) is 0 Å². The Hall–Kier alpha value is -4.59. The van der Waals surface area contributed by atoms with Gasteiger partial charge in [-0.05, 0) is 48.0 Å². The van der Waals surface area contributed by atoms with Crippen LogP contribution in [0.15, 0.2) is 107 Å². The van der Waals surface area contributed by atoms with Crippen molar-refractivity contribution < 1.29 is 21.6 Å². The molecule has 1 fully saturated rings. The normalized spacial score (nSPS) is 14.5. The van der Waals surface area contributed by atoms with Gasteiger partial charge in [0.1, 0.15) is 11.6 Å². The first-order valence-electron chi connectivity index (χ1n) is 13.4. The molecule has 43 heavy (non-hydrogen) atoms. The zero-order valence-electron chi connectivity index (χ0n) is 23.2. The van der Waals surface area contributed by atoms with Gasteiger partial charge in [0.25, 0.3) is 10.0 Å². The largest absolute Gasteiger partial charge is 0.497 e. The molecule has 3 aromatic carbocycles. The molecule has 0 unspecified atom stereocenters. The molecule has 1 aliphatic heterocycles. The second-order valence-corrected chi connectivity index (χ2v) is 13.5. The van der Waals surface area contributed by atoms with Crippen molar-refractivity contribution >= 4 is 42.6 Å². The maximum Gasteiger partial charge on any atom is 0.261 e. The summed E-state index contributed by atoms with van der Waals surface area (Å²) in [6.07, 6.45) is 4.80. The summed E-state index contributed by atoms with van der Waals surface area (Å²) in [6, 6.07) is 21.9. The molecule has 2 aromatic heterocycles. The summed E-state index contributed by atoms with van der Waals surface area (Å²) in [5.74, 6) is 1.13. The molecular weight excluding hydrogens is 589 g/mol. The SMILES string of the molecule is COc1cccc(S(=O)(=O)N2CCN(c3cnc4ccc(-c5cncc(NS(=O)(=O)c6ccccc6)c5)cc4n3)CC2)c1. The third-order valence-corrected chi connectivity index (χ3v) is 10.4. The van der Waals surface area contributed by atoms with E-state index in [1.54, 1.807) is 54.9 Å². The summed E-state index contributed by atoms with van der Waals surface area (Å²) in [5, 5.41) is 0. The van der Waals surface area contributed by atoms with Gasteiger partial charge < -0.3 is 9.64 Å². The number of hydrogen-bond donors (Lipinski definition) is 1. The van der Waals surface area contributed by atoms with E-state index in [4.69, 9.17) is 9.72 Å². The highest BCUT2D eigenvalue weighted by atomic mass is 32.2. The highest BCUT2D eigenvalue weighted by Crippen LogP contribution is 2.28. The Kier molecular flexibility index (Phi) is 7.69. The zero-order valence-corrected chi connectivity index (χ0v) is 24.8. The van der Waals surface area contributed by atoms with E-state index < -0.39 is 20.0 Å². The van der Waals surface area contributed by atoms with Gasteiger partial charge in [0.2, 0.25) is 10.0 Å². The Morgan fingerprint density at radius 1 is 0.744 bits per heavy atom. The minimum absolute atomic E-state index is 0.160. The summed E-state index contributed by atoms with van der Waals surface area (Å²) in [6.45, 7) is 1.51. The Bertz CT molecular complexity index is 2000. The van der Waals surface area contributed by atoms with Crippen LogP contribution in [-0.4, -0.2) is 69.4 Å². The molecule has 0 radical (unpaired) electrons. The first-order valence-corrected chi connectivity index (χ1v) is 16.3. The number of ether oxygens (including phenoxy) is 1. The lowest BCUT2D eigenvalue weighted by Crippen LogP contribution is -2.48.